The first-order valence-corrected chi connectivity index (χ1v) is 5.09. The topological polar surface area (TPSA) is 25.2 Å². The minimum atomic E-state index is 0.700. The first-order chi connectivity index (χ1) is 6.36. The molecule has 1 rings (SSSR count). The second-order valence-electron chi connectivity index (χ2n) is 3.37. The quantitative estimate of drug-likeness (QED) is 0.729. The summed E-state index contributed by atoms with van der Waals surface area (Å²) in [7, 11) is 0. The fourth-order valence-electron chi connectivity index (χ4n) is 1.42. The Kier molecular flexibility index (Phi) is 4.61. The average Bonchev–Trinajstić information content (AvgIpc) is 2.64. The second-order valence-corrected chi connectivity index (χ2v) is 3.37. The first-order valence-electron chi connectivity index (χ1n) is 5.09. The van der Waals surface area contributed by atoms with E-state index < -0.39 is 0 Å². The molecule has 0 aliphatic carbocycles. The van der Waals surface area contributed by atoms with Gasteiger partial charge in [0.15, 0.2) is 0 Å². The molecule has 1 unspecified atom stereocenters. The number of furan rings is 1. The highest BCUT2D eigenvalue weighted by Crippen LogP contribution is 2.11. The predicted octanol–water partition coefficient (Wildman–Crippen LogP) is 2.46. The molecular formula is C11H19NO. The van der Waals surface area contributed by atoms with Crippen molar-refractivity contribution in [2.75, 3.05) is 13.1 Å². The van der Waals surface area contributed by atoms with Crippen LogP contribution >= 0.6 is 0 Å². The van der Waals surface area contributed by atoms with Crippen LogP contribution in [0.25, 0.3) is 0 Å². The van der Waals surface area contributed by atoms with Gasteiger partial charge < -0.3 is 9.73 Å². The van der Waals surface area contributed by atoms with Crippen LogP contribution < -0.4 is 5.32 Å². The summed E-state index contributed by atoms with van der Waals surface area (Å²) in [6, 6.07) is 4.00. The van der Waals surface area contributed by atoms with Crippen LogP contribution in [0.1, 0.15) is 26.0 Å². The van der Waals surface area contributed by atoms with Gasteiger partial charge in [-0.15, -0.1) is 0 Å². The van der Waals surface area contributed by atoms with Gasteiger partial charge in [-0.25, -0.2) is 0 Å². The molecule has 74 valence electrons. The Labute approximate surface area is 80.3 Å². The van der Waals surface area contributed by atoms with Crippen LogP contribution in [0.15, 0.2) is 22.8 Å². The van der Waals surface area contributed by atoms with Gasteiger partial charge in [0.05, 0.1) is 6.26 Å². The molecule has 0 amide bonds. The molecule has 1 heterocycles. The molecule has 0 saturated heterocycles. The average molecular weight is 181 g/mol. The highest BCUT2D eigenvalue weighted by atomic mass is 16.3. The van der Waals surface area contributed by atoms with E-state index in [1.807, 2.05) is 6.07 Å². The summed E-state index contributed by atoms with van der Waals surface area (Å²) in [6.45, 7) is 6.51. The molecule has 0 fully saturated rings. The highest BCUT2D eigenvalue weighted by Gasteiger charge is 2.07. The van der Waals surface area contributed by atoms with Gasteiger partial charge in [-0.05, 0) is 31.1 Å². The third-order valence-electron chi connectivity index (χ3n) is 2.33. The molecule has 0 aromatic carbocycles. The van der Waals surface area contributed by atoms with Crippen LogP contribution in [0.2, 0.25) is 0 Å². The van der Waals surface area contributed by atoms with Gasteiger partial charge in [0.2, 0.25) is 0 Å². The predicted molar refractivity (Wildman–Crippen MR) is 54.7 cm³/mol. The minimum absolute atomic E-state index is 0.700. The van der Waals surface area contributed by atoms with Crippen molar-refractivity contribution in [3.8, 4) is 0 Å². The van der Waals surface area contributed by atoms with Gasteiger partial charge >= 0.3 is 0 Å². The minimum Gasteiger partial charge on any atom is -0.469 e. The molecule has 0 bridgehead atoms. The van der Waals surface area contributed by atoms with Crippen molar-refractivity contribution in [3.63, 3.8) is 0 Å². The maximum Gasteiger partial charge on any atom is 0.104 e. The SMILES string of the molecule is CCNCC(CC)Cc1ccco1. The Balaban J connectivity index is 2.31. The zero-order valence-corrected chi connectivity index (χ0v) is 8.55. The van der Waals surface area contributed by atoms with E-state index in [1.165, 1.54) is 6.42 Å². The Morgan fingerprint density at radius 3 is 2.85 bits per heavy atom. The van der Waals surface area contributed by atoms with Gasteiger partial charge in [0.1, 0.15) is 5.76 Å². The van der Waals surface area contributed by atoms with E-state index >= 15 is 0 Å². The number of hydrogen-bond acceptors (Lipinski definition) is 2. The molecule has 1 atom stereocenters. The third-order valence-corrected chi connectivity index (χ3v) is 2.33. The van der Waals surface area contributed by atoms with Crippen LogP contribution in [0.3, 0.4) is 0 Å². The molecule has 1 N–H and O–H groups in total. The number of rotatable bonds is 6. The highest BCUT2D eigenvalue weighted by molar-refractivity contribution is 4.99. The molecule has 2 nitrogen and oxygen atoms in total. The van der Waals surface area contributed by atoms with E-state index in [2.05, 4.69) is 25.2 Å². The van der Waals surface area contributed by atoms with Crippen LogP contribution in [0, 0.1) is 5.92 Å². The molecule has 1 aromatic heterocycles. The molecule has 0 saturated carbocycles. The summed E-state index contributed by atoms with van der Waals surface area (Å²) >= 11 is 0. The van der Waals surface area contributed by atoms with Crippen LogP contribution in [-0.2, 0) is 6.42 Å². The van der Waals surface area contributed by atoms with Gasteiger partial charge in [-0.3, -0.25) is 0 Å². The lowest BCUT2D eigenvalue weighted by Gasteiger charge is -2.13. The van der Waals surface area contributed by atoms with Crippen molar-refractivity contribution < 1.29 is 4.42 Å². The van der Waals surface area contributed by atoms with Crippen molar-refractivity contribution in [2.24, 2.45) is 5.92 Å². The van der Waals surface area contributed by atoms with E-state index in [1.54, 1.807) is 6.26 Å². The van der Waals surface area contributed by atoms with E-state index in [4.69, 9.17) is 4.42 Å². The summed E-state index contributed by atoms with van der Waals surface area (Å²) < 4.78 is 5.32. The maximum atomic E-state index is 5.32. The fourth-order valence-corrected chi connectivity index (χ4v) is 1.42. The normalized spacial score (nSPS) is 13.1. The van der Waals surface area contributed by atoms with Crippen molar-refractivity contribution in [2.45, 2.75) is 26.7 Å². The Hall–Kier alpha value is -0.760. The van der Waals surface area contributed by atoms with Crippen LogP contribution in [-0.4, -0.2) is 13.1 Å². The molecule has 0 aliphatic heterocycles. The Bertz CT molecular complexity index is 206. The van der Waals surface area contributed by atoms with Gasteiger partial charge in [0.25, 0.3) is 0 Å². The number of hydrogen-bond donors (Lipinski definition) is 1. The summed E-state index contributed by atoms with van der Waals surface area (Å²) in [5.74, 6) is 1.80. The van der Waals surface area contributed by atoms with E-state index in [0.717, 1.165) is 25.3 Å². The molecule has 2 heteroatoms. The maximum absolute atomic E-state index is 5.32. The first kappa shape index (κ1) is 10.3. The van der Waals surface area contributed by atoms with Crippen molar-refractivity contribution in [1.29, 1.82) is 0 Å². The van der Waals surface area contributed by atoms with Crippen LogP contribution in [0.4, 0.5) is 0 Å². The lowest BCUT2D eigenvalue weighted by molar-refractivity contribution is 0.412. The summed E-state index contributed by atoms with van der Waals surface area (Å²) in [6.07, 6.45) is 4.00. The van der Waals surface area contributed by atoms with Crippen molar-refractivity contribution in [1.82, 2.24) is 5.32 Å². The van der Waals surface area contributed by atoms with E-state index in [0.29, 0.717) is 5.92 Å². The molecular weight excluding hydrogens is 162 g/mol. The van der Waals surface area contributed by atoms with Crippen LogP contribution in [0.5, 0.6) is 0 Å². The third kappa shape index (κ3) is 3.64. The van der Waals surface area contributed by atoms with Gasteiger partial charge in [-0.1, -0.05) is 20.3 Å². The smallest absolute Gasteiger partial charge is 0.104 e. The Morgan fingerprint density at radius 1 is 1.46 bits per heavy atom. The second kappa shape index (κ2) is 5.81. The zero-order chi connectivity index (χ0) is 9.52. The fraction of sp³-hybridized carbons (Fsp3) is 0.636. The zero-order valence-electron chi connectivity index (χ0n) is 8.55. The molecule has 0 radical (unpaired) electrons. The standard InChI is InChI=1S/C11H19NO/c1-3-10(9-12-4-2)8-11-6-5-7-13-11/h5-7,10,12H,3-4,8-9H2,1-2H3. The largest absolute Gasteiger partial charge is 0.469 e. The lowest BCUT2D eigenvalue weighted by Crippen LogP contribution is -2.23. The Morgan fingerprint density at radius 2 is 2.31 bits per heavy atom. The molecule has 1 aromatic rings. The van der Waals surface area contributed by atoms with Gasteiger partial charge in [0, 0.05) is 6.42 Å². The summed E-state index contributed by atoms with van der Waals surface area (Å²) in [4.78, 5) is 0. The monoisotopic (exact) mass is 181 g/mol. The summed E-state index contributed by atoms with van der Waals surface area (Å²) in [5, 5.41) is 3.37. The molecule has 13 heavy (non-hydrogen) atoms. The van der Waals surface area contributed by atoms with Gasteiger partial charge in [-0.2, -0.15) is 0 Å². The lowest BCUT2D eigenvalue weighted by atomic mass is 10.0. The van der Waals surface area contributed by atoms with Crippen molar-refractivity contribution >= 4 is 0 Å². The number of nitrogens with one attached hydrogen (secondary N) is 1. The van der Waals surface area contributed by atoms with E-state index in [9.17, 15) is 0 Å². The molecule has 0 aliphatic rings. The van der Waals surface area contributed by atoms with E-state index in [-0.39, 0.29) is 0 Å². The molecule has 0 spiro atoms. The van der Waals surface area contributed by atoms with Crippen molar-refractivity contribution in [3.05, 3.63) is 24.2 Å². The summed E-state index contributed by atoms with van der Waals surface area (Å²) in [5.41, 5.74) is 0.